The Kier molecular flexibility index (Phi) is 45.8. The quantitative estimate of drug-likeness (QED) is 0.0426. The van der Waals surface area contributed by atoms with Gasteiger partial charge in [0.2, 0.25) is 5.91 Å². The number of amides is 1. The van der Waals surface area contributed by atoms with Crippen LogP contribution in [0, 0.1) is 0 Å². The molecule has 56 heavy (non-hydrogen) atoms. The first-order valence-corrected chi connectivity index (χ1v) is 24.5. The monoisotopic (exact) mass is 782 g/mol. The van der Waals surface area contributed by atoms with Gasteiger partial charge < -0.3 is 15.5 Å². The van der Waals surface area contributed by atoms with Crippen molar-refractivity contribution in [3.8, 4) is 0 Å². The summed E-state index contributed by atoms with van der Waals surface area (Å²) >= 11 is 0. The topological polar surface area (TPSA) is 69.6 Å². The van der Waals surface area contributed by atoms with Gasteiger partial charge in [-0.25, -0.2) is 0 Å². The van der Waals surface area contributed by atoms with E-state index in [0.29, 0.717) is 6.42 Å². The Bertz CT molecular complexity index is 934. The van der Waals surface area contributed by atoms with Crippen LogP contribution in [0.1, 0.15) is 245 Å². The van der Waals surface area contributed by atoms with Crippen LogP contribution in [-0.4, -0.2) is 34.9 Å². The molecule has 0 aliphatic rings. The van der Waals surface area contributed by atoms with E-state index in [1.165, 1.54) is 180 Å². The molecule has 1 amide bonds. The zero-order valence-electron chi connectivity index (χ0n) is 37.4. The van der Waals surface area contributed by atoms with Crippen LogP contribution in [0.2, 0.25) is 0 Å². The van der Waals surface area contributed by atoms with Crippen LogP contribution in [0.4, 0.5) is 0 Å². The van der Waals surface area contributed by atoms with Crippen molar-refractivity contribution >= 4 is 5.91 Å². The predicted molar refractivity (Wildman–Crippen MR) is 248 cm³/mol. The van der Waals surface area contributed by atoms with E-state index >= 15 is 0 Å². The van der Waals surface area contributed by atoms with E-state index in [1.807, 2.05) is 6.08 Å². The second-order valence-electron chi connectivity index (χ2n) is 16.5. The number of carbonyl (C=O) groups is 1. The number of carbonyl (C=O) groups excluding carboxylic acids is 1. The molecule has 2 atom stereocenters. The summed E-state index contributed by atoms with van der Waals surface area (Å²) in [6.45, 7) is 4.28. The van der Waals surface area contributed by atoms with Gasteiger partial charge in [0.25, 0.3) is 0 Å². The number of aliphatic hydroxyl groups is 2. The largest absolute Gasteiger partial charge is 0.394 e. The first-order valence-electron chi connectivity index (χ1n) is 24.5. The van der Waals surface area contributed by atoms with Gasteiger partial charge in [0.05, 0.1) is 18.8 Å². The maximum atomic E-state index is 12.4. The number of hydrogen-bond donors (Lipinski definition) is 3. The lowest BCUT2D eigenvalue weighted by Gasteiger charge is -2.19. The smallest absolute Gasteiger partial charge is 0.220 e. The highest BCUT2D eigenvalue weighted by Gasteiger charge is 2.17. The highest BCUT2D eigenvalue weighted by atomic mass is 16.3. The van der Waals surface area contributed by atoms with Crippen molar-refractivity contribution in [2.75, 3.05) is 6.61 Å². The third kappa shape index (κ3) is 43.2. The zero-order chi connectivity index (χ0) is 40.7. The zero-order valence-corrected chi connectivity index (χ0v) is 37.4. The van der Waals surface area contributed by atoms with E-state index in [9.17, 15) is 15.0 Å². The maximum absolute atomic E-state index is 12.4. The lowest BCUT2D eigenvalue weighted by atomic mass is 10.0. The molecule has 4 nitrogen and oxygen atoms in total. The fraction of sp³-hybridized carbons (Fsp3) is 0.788. The normalized spacial score (nSPS) is 13.4. The lowest BCUT2D eigenvalue weighted by molar-refractivity contribution is -0.123. The number of nitrogens with one attached hydrogen (secondary N) is 1. The molecule has 0 bridgehead atoms. The number of rotatable bonds is 44. The molecular weight excluding hydrogens is 687 g/mol. The standard InChI is InChI=1S/C52H95NO3/c1-3-5-7-9-11-13-15-17-19-21-23-24-25-26-27-28-30-31-33-35-37-39-41-43-45-47-51(55)50(49-54)53-52(56)48-46-44-42-40-38-36-34-32-29-22-20-18-16-14-12-10-8-6-4-2/h12,14,18,20,30-31,37,39,45,47,50-51,54-55H,3-11,13,15-17,19,21-29,32-36,38,40-44,46,48-49H2,1-2H3,(H,53,56)/b14-12-,20-18-,31-30+,39-37+,47-45+. The molecular formula is C52H95NO3. The first kappa shape index (κ1) is 54.1. The molecule has 0 heterocycles. The van der Waals surface area contributed by atoms with E-state index in [4.69, 9.17) is 0 Å². The van der Waals surface area contributed by atoms with Crippen LogP contribution in [0.3, 0.4) is 0 Å². The molecule has 3 N–H and O–H groups in total. The molecule has 0 radical (unpaired) electrons. The molecule has 0 fully saturated rings. The molecule has 0 aromatic heterocycles. The van der Waals surface area contributed by atoms with Crippen LogP contribution in [0.5, 0.6) is 0 Å². The molecule has 0 aliphatic heterocycles. The first-order chi connectivity index (χ1) is 27.7. The van der Waals surface area contributed by atoms with Crippen molar-refractivity contribution in [2.45, 2.75) is 257 Å². The minimum absolute atomic E-state index is 0.0830. The molecule has 0 aliphatic carbocycles. The van der Waals surface area contributed by atoms with E-state index in [-0.39, 0.29) is 12.5 Å². The summed E-state index contributed by atoms with van der Waals surface area (Å²) in [6.07, 6.45) is 66.3. The SMILES string of the molecule is CCCCC/C=C\C/C=C\CCCCCCCCCCCC(=O)NC(CO)C(O)/C=C/CC/C=C/CC/C=C/CCCCCCCCCCCCCCCCC. The highest BCUT2D eigenvalue weighted by Crippen LogP contribution is 2.15. The summed E-state index contributed by atoms with van der Waals surface area (Å²) in [7, 11) is 0. The number of hydrogen-bond acceptors (Lipinski definition) is 3. The maximum Gasteiger partial charge on any atom is 0.220 e. The van der Waals surface area contributed by atoms with Crippen LogP contribution >= 0.6 is 0 Å². The Morgan fingerprint density at radius 1 is 0.429 bits per heavy atom. The van der Waals surface area contributed by atoms with Crippen molar-refractivity contribution < 1.29 is 15.0 Å². The molecule has 0 spiro atoms. The second-order valence-corrected chi connectivity index (χ2v) is 16.5. The van der Waals surface area contributed by atoms with E-state index in [2.05, 4.69) is 67.8 Å². The summed E-state index contributed by atoms with van der Waals surface area (Å²) in [5.74, 6) is -0.0830. The second kappa shape index (κ2) is 47.5. The summed E-state index contributed by atoms with van der Waals surface area (Å²) < 4.78 is 0. The molecule has 0 saturated carbocycles. The Morgan fingerprint density at radius 3 is 1.18 bits per heavy atom. The molecule has 0 saturated heterocycles. The van der Waals surface area contributed by atoms with Crippen molar-refractivity contribution in [1.82, 2.24) is 5.32 Å². The number of aliphatic hydroxyl groups excluding tert-OH is 2. The summed E-state index contributed by atoms with van der Waals surface area (Å²) in [5, 5.41) is 23.0. The van der Waals surface area contributed by atoms with E-state index < -0.39 is 12.1 Å². The van der Waals surface area contributed by atoms with Crippen molar-refractivity contribution in [3.63, 3.8) is 0 Å². The average Bonchev–Trinajstić information content (AvgIpc) is 3.20. The molecule has 326 valence electrons. The predicted octanol–water partition coefficient (Wildman–Crippen LogP) is 15.7. The van der Waals surface area contributed by atoms with Gasteiger partial charge in [-0.1, -0.05) is 222 Å². The fourth-order valence-corrected chi connectivity index (χ4v) is 7.18. The van der Waals surface area contributed by atoms with Crippen molar-refractivity contribution in [2.24, 2.45) is 0 Å². The van der Waals surface area contributed by atoms with Crippen LogP contribution < -0.4 is 5.32 Å². The van der Waals surface area contributed by atoms with Gasteiger partial charge in [-0.05, 0) is 77.0 Å². The van der Waals surface area contributed by atoms with Gasteiger partial charge in [0.1, 0.15) is 0 Å². The van der Waals surface area contributed by atoms with Gasteiger partial charge in [-0.15, -0.1) is 0 Å². The molecule has 4 heteroatoms. The van der Waals surface area contributed by atoms with Gasteiger partial charge >= 0.3 is 0 Å². The van der Waals surface area contributed by atoms with Gasteiger partial charge in [0, 0.05) is 6.42 Å². The third-order valence-electron chi connectivity index (χ3n) is 11.0. The molecule has 0 aromatic carbocycles. The number of allylic oxidation sites excluding steroid dienone is 9. The molecule has 2 unspecified atom stereocenters. The van der Waals surface area contributed by atoms with Crippen molar-refractivity contribution in [3.05, 3.63) is 60.8 Å². The summed E-state index contributed by atoms with van der Waals surface area (Å²) in [5.41, 5.74) is 0. The Morgan fingerprint density at radius 2 is 0.750 bits per heavy atom. The average molecular weight is 782 g/mol. The Labute approximate surface area is 349 Å². The Hall–Kier alpha value is -1.91. The van der Waals surface area contributed by atoms with Crippen LogP contribution in [-0.2, 0) is 4.79 Å². The van der Waals surface area contributed by atoms with E-state index in [0.717, 1.165) is 44.9 Å². The minimum Gasteiger partial charge on any atom is -0.394 e. The Balaban J connectivity index is 3.62. The summed E-state index contributed by atoms with van der Waals surface area (Å²) in [6, 6.07) is -0.650. The molecule has 0 aromatic rings. The van der Waals surface area contributed by atoms with Crippen molar-refractivity contribution in [1.29, 1.82) is 0 Å². The minimum atomic E-state index is -0.874. The van der Waals surface area contributed by atoms with Gasteiger partial charge in [-0.2, -0.15) is 0 Å². The third-order valence-corrected chi connectivity index (χ3v) is 11.0. The van der Waals surface area contributed by atoms with Gasteiger partial charge in [-0.3, -0.25) is 4.79 Å². The van der Waals surface area contributed by atoms with Gasteiger partial charge in [0.15, 0.2) is 0 Å². The van der Waals surface area contributed by atoms with Crippen LogP contribution in [0.15, 0.2) is 60.8 Å². The lowest BCUT2D eigenvalue weighted by Crippen LogP contribution is -2.45. The van der Waals surface area contributed by atoms with Crippen LogP contribution in [0.25, 0.3) is 0 Å². The fourth-order valence-electron chi connectivity index (χ4n) is 7.18. The summed E-state index contributed by atoms with van der Waals surface area (Å²) in [4.78, 5) is 12.4. The molecule has 0 rings (SSSR count). The highest BCUT2D eigenvalue weighted by molar-refractivity contribution is 5.76. The number of unbranched alkanes of at least 4 members (excludes halogenated alkanes) is 29. The van der Waals surface area contributed by atoms with E-state index in [1.54, 1.807) is 6.08 Å².